The number of benzene rings is 1. The van der Waals surface area contributed by atoms with Crippen molar-refractivity contribution >= 4 is 11.9 Å². The highest BCUT2D eigenvalue weighted by Crippen LogP contribution is 2.29. The number of nitrogens with one attached hydrogen (secondary N) is 2. The molecule has 1 aromatic carbocycles. The fourth-order valence-electron chi connectivity index (χ4n) is 4.24. The van der Waals surface area contributed by atoms with Gasteiger partial charge in [-0.25, -0.2) is 0 Å². The van der Waals surface area contributed by atoms with E-state index in [1.54, 1.807) is 7.05 Å². The zero-order valence-electron chi connectivity index (χ0n) is 17.4. The van der Waals surface area contributed by atoms with Crippen LogP contribution in [0.25, 0.3) is 0 Å². The number of carbonyl (C=O) groups excluding carboxylic acids is 1. The van der Waals surface area contributed by atoms with Crippen LogP contribution >= 0.6 is 0 Å². The molecule has 29 heavy (non-hydrogen) atoms. The van der Waals surface area contributed by atoms with Gasteiger partial charge in [-0.2, -0.15) is 0 Å². The SMILES string of the molecule is CN=C(NCCN1CCN(C(=O)C2CCC2)CC1)NCC1Cc2ccccc2O1. The van der Waals surface area contributed by atoms with E-state index in [-0.39, 0.29) is 6.10 Å². The molecule has 1 saturated carbocycles. The number of guanidine groups is 1. The molecule has 7 nitrogen and oxygen atoms in total. The summed E-state index contributed by atoms with van der Waals surface area (Å²) in [6.07, 6.45) is 4.48. The smallest absolute Gasteiger partial charge is 0.225 e. The molecular weight excluding hydrogens is 366 g/mol. The molecular formula is C22H33N5O2. The maximum atomic E-state index is 12.3. The van der Waals surface area contributed by atoms with Crippen molar-refractivity contribution in [2.75, 3.05) is 52.9 Å². The summed E-state index contributed by atoms with van der Waals surface area (Å²) in [6, 6.07) is 8.23. The molecule has 1 amide bonds. The van der Waals surface area contributed by atoms with Gasteiger partial charge in [0.25, 0.3) is 0 Å². The zero-order valence-corrected chi connectivity index (χ0v) is 17.4. The molecule has 2 aliphatic heterocycles. The lowest BCUT2D eigenvalue weighted by Gasteiger charge is -2.38. The molecule has 4 rings (SSSR count). The van der Waals surface area contributed by atoms with Crippen molar-refractivity contribution in [3.63, 3.8) is 0 Å². The van der Waals surface area contributed by atoms with Gasteiger partial charge in [0.2, 0.25) is 5.91 Å². The van der Waals surface area contributed by atoms with Crippen molar-refractivity contribution in [1.29, 1.82) is 0 Å². The Morgan fingerprint density at radius 3 is 2.66 bits per heavy atom. The first-order valence-corrected chi connectivity index (χ1v) is 10.9. The van der Waals surface area contributed by atoms with E-state index in [9.17, 15) is 4.79 Å². The van der Waals surface area contributed by atoms with Crippen LogP contribution in [0.1, 0.15) is 24.8 Å². The highest BCUT2D eigenvalue weighted by molar-refractivity contribution is 5.80. The van der Waals surface area contributed by atoms with Gasteiger partial charge in [-0.05, 0) is 24.5 Å². The van der Waals surface area contributed by atoms with Crippen molar-refractivity contribution in [2.24, 2.45) is 10.9 Å². The zero-order chi connectivity index (χ0) is 20.1. The van der Waals surface area contributed by atoms with Crippen LogP contribution in [-0.2, 0) is 11.2 Å². The summed E-state index contributed by atoms with van der Waals surface area (Å²) in [5.41, 5.74) is 1.28. The number of rotatable bonds is 6. The second-order valence-electron chi connectivity index (χ2n) is 8.23. The van der Waals surface area contributed by atoms with Gasteiger partial charge in [0, 0.05) is 58.7 Å². The van der Waals surface area contributed by atoms with E-state index in [1.807, 2.05) is 12.1 Å². The number of nitrogens with zero attached hydrogens (tertiary/aromatic N) is 3. The Balaban J connectivity index is 1.11. The highest BCUT2D eigenvalue weighted by atomic mass is 16.5. The maximum absolute atomic E-state index is 12.3. The second kappa shape index (κ2) is 9.48. The lowest BCUT2D eigenvalue weighted by molar-refractivity contribution is -0.139. The van der Waals surface area contributed by atoms with Crippen LogP contribution in [0.15, 0.2) is 29.3 Å². The average Bonchev–Trinajstić information content (AvgIpc) is 3.12. The van der Waals surface area contributed by atoms with Gasteiger partial charge in [0.15, 0.2) is 5.96 Å². The maximum Gasteiger partial charge on any atom is 0.225 e. The van der Waals surface area contributed by atoms with E-state index in [0.717, 1.165) is 76.8 Å². The number of para-hydroxylation sites is 1. The number of carbonyl (C=O) groups is 1. The Labute approximate surface area is 173 Å². The molecule has 0 spiro atoms. The molecule has 2 fully saturated rings. The van der Waals surface area contributed by atoms with E-state index >= 15 is 0 Å². The Morgan fingerprint density at radius 2 is 1.97 bits per heavy atom. The van der Waals surface area contributed by atoms with Crippen molar-refractivity contribution in [3.8, 4) is 5.75 Å². The summed E-state index contributed by atoms with van der Waals surface area (Å²) in [5, 5.41) is 6.77. The van der Waals surface area contributed by atoms with E-state index in [1.165, 1.54) is 12.0 Å². The summed E-state index contributed by atoms with van der Waals surface area (Å²) in [5.74, 6) is 2.50. The van der Waals surface area contributed by atoms with Crippen LogP contribution in [0.3, 0.4) is 0 Å². The molecule has 1 aromatic rings. The largest absolute Gasteiger partial charge is 0.488 e. The van der Waals surface area contributed by atoms with Crippen LogP contribution in [-0.4, -0.2) is 80.6 Å². The fourth-order valence-corrected chi connectivity index (χ4v) is 4.24. The summed E-state index contributed by atoms with van der Waals surface area (Å²) in [4.78, 5) is 21.1. The first-order valence-electron chi connectivity index (χ1n) is 10.9. The van der Waals surface area contributed by atoms with Gasteiger partial charge in [0.05, 0.1) is 6.54 Å². The molecule has 0 aromatic heterocycles. The van der Waals surface area contributed by atoms with Crippen molar-refractivity contribution in [2.45, 2.75) is 31.8 Å². The summed E-state index contributed by atoms with van der Waals surface area (Å²) < 4.78 is 5.97. The molecule has 1 aliphatic carbocycles. The summed E-state index contributed by atoms with van der Waals surface area (Å²) >= 11 is 0. The van der Waals surface area contributed by atoms with Crippen LogP contribution in [0.4, 0.5) is 0 Å². The molecule has 0 radical (unpaired) electrons. The highest BCUT2D eigenvalue weighted by Gasteiger charge is 2.31. The fraction of sp³-hybridized carbons (Fsp3) is 0.636. The molecule has 3 aliphatic rings. The van der Waals surface area contributed by atoms with Crippen LogP contribution in [0.2, 0.25) is 0 Å². The first kappa shape index (κ1) is 20.0. The van der Waals surface area contributed by atoms with Gasteiger partial charge >= 0.3 is 0 Å². The molecule has 0 bridgehead atoms. The predicted octanol–water partition coefficient (Wildman–Crippen LogP) is 1.10. The molecule has 2 N–H and O–H groups in total. The standard InChI is InChI=1S/C22H33N5O2/c1-23-22(25-16-19-15-18-5-2-3-8-20(18)29-19)24-9-10-26-11-13-27(14-12-26)21(28)17-6-4-7-17/h2-3,5,8,17,19H,4,6-7,9-16H2,1H3,(H2,23,24,25). The average molecular weight is 400 g/mol. The molecule has 7 heteroatoms. The van der Waals surface area contributed by atoms with Gasteiger partial charge in [-0.15, -0.1) is 0 Å². The minimum absolute atomic E-state index is 0.146. The number of amides is 1. The van der Waals surface area contributed by atoms with Gasteiger partial charge in [-0.1, -0.05) is 24.6 Å². The monoisotopic (exact) mass is 399 g/mol. The minimum Gasteiger partial charge on any atom is -0.488 e. The number of aliphatic imine (C=N–C) groups is 1. The van der Waals surface area contributed by atoms with Gasteiger partial charge in [-0.3, -0.25) is 14.7 Å². The number of piperazine rings is 1. The van der Waals surface area contributed by atoms with E-state index in [4.69, 9.17) is 4.74 Å². The normalized spacial score (nSPS) is 22.6. The minimum atomic E-state index is 0.146. The topological polar surface area (TPSA) is 69.2 Å². The first-order chi connectivity index (χ1) is 14.2. The van der Waals surface area contributed by atoms with Crippen molar-refractivity contribution < 1.29 is 9.53 Å². The summed E-state index contributed by atoms with van der Waals surface area (Å²) in [6.45, 7) is 6.17. The number of hydrogen-bond acceptors (Lipinski definition) is 4. The second-order valence-corrected chi connectivity index (χ2v) is 8.23. The lowest BCUT2D eigenvalue weighted by atomic mass is 9.84. The Bertz CT molecular complexity index is 701. The summed E-state index contributed by atoms with van der Waals surface area (Å²) in [7, 11) is 1.80. The van der Waals surface area contributed by atoms with E-state index in [2.05, 4.69) is 37.6 Å². The van der Waals surface area contributed by atoms with Gasteiger partial charge < -0.3 is 20.3 Å². The third-order valence-corrected chi connectivity index (χ3v) is 6.29. The Kier molecular flexibility index (Phi) is 6.54. The number of fused-ring (bicyclic) bond motifs is 1. The van der Waals surface area contributed by atoms with E-state index in [0.29, 0.717) is 11.8 Å². The van der Waals surface area contributed by atoms with Gasteiger partial charge in [0.1, 0.15) is 11.9 Å². The van der Waals surface area contributed by atoms with Crippen molar-refractivity contribution in [1.82, 2.24) is 20.4 Å². The van der Waals surface area contributed by atoms with Crippen LogP contribution in [0.5, 0.6) is 5.75 Å². The Morgan fingerprint density at radius 1 is 1.17 bits per heavy atom. The molecule has 1 unspecified atom stereocenters. The quantitative estimate of drug-likeness (QED) is 0.554. The molecule has 1 saturated heterocycles. The predicted molar refractivity (Wildman–Crippen MR) is 114 cm³/mol. The van der Waals surface area contributed by atoms with Crippen LogP contribution in [0, 0.1) is 5.92 Å². The third kappa shape index (κ3) is 5.01. The molecule has 158 valence electrons. The van der Waals surface area contributed by atoms with E-state index < -0.39 is 0 Å². The van der Waals surface area contributed by atoms with Crippen molar-refractivity contribution in [3.05, 3.63) is 29.8 Å². The molecule has 1 atom stereocenters. The third-order valence-electron chi connectivity index (χ3n) is 6.29. The molecule has 2 heterocycles. The number of ether oxygens (including phenoxy) is 1. The van der Waals surface area contributed by atoms with Crippen LogP contribution < -0.4 is 15.4 Å². The lowest BCUT2D eigenvalue weighted by Crippen LogP contribution is -2.52. The Hall–Kier alpha value is -2.28. The number of hydrogen-bond donors (Lipinski definition) is 2.